The van der Waals surface area contributed by atoms with E-state index in [1.165, 1.54) is 0 Å². The SMILES string of the molecule is CB(O)N[C@H](CC(=O)OC(C)(C)C)Cc1cc(C(=O)OCc2ccccc2)ccc1C. The first kappa shape index (κ1) is 24.6. The van der Waals surface area contributed by atoms with Gasteiger partial charge in [0.25, 0.3) is 0 Å². The number of hydrogen-bond acceptors (Lipinski definition) is 6. The fourth-order valence-electron chi connectivity index (χ4n) is 3.21. The summed E-state index contributed by atoms with van der Waals surface area (Å²) < 4.78 is 10.8. The first-order chi connectivity index (χ1) is 14.5. The van der Waals surface area contributed by atoms with Gasteiger partial charge >= 0.3 is 19.0 Å². The zero-order valence-corrected chi connectivity index (χ0v) is 19.0. The van der Waals surface area contributed by atoms with Crippen LogP contribution in [0.3, 0.4) is 0 Å². The van der Waals surface area contributed by atoms with Crippen LogP contribution in [0.25, 0.3) is 0 Å². The molecule has 6 nitrogen and oxygen atoms in total. The van der Waals surface area contributed by atoms with Crippen LogP contribution in [0.15, 0.2) is 48.5 Å². The van der Waals surface area contributed by atoms with Gasteiger partial charge in [-0.15, -0.1) is 0 Å². The standard InChI is InChI=1S/C24H32BNO5/c1-17-11-12-19(23(28)30-16-18-9-7-6-8-10-18)13-20(17)14-21(26-25(5)29)15-22(27)31-24(2,3)4/h6-13,21,26,29H,14-16H2,1-5H3/t21-/m0/s1. The second kappa shape index (κ2) is 11.1. The molecule has 7 heteroatoms. The number of nitrogens with one attached hydrogen (secondary N) is 1. The molecule has 0 radical (unpaired) electrons. The number of benzene rings is 2. The van der Waals surface area contributed by atoms with E-state index in [0.29, 0.717) is 12.0 Å². The average Bonchev–Trinajstić information content (AvgIpc) is 2.66. The molecule has 0 aliphatic rings. The van der Waals surface area contributed by atoms with E-state index >= 15 is 0 Å². The molecule has 0 aliphatic carbocycles. The summed E-state index contributed by atoms with van der Waals surface area (Å²) in [4.78, 5) is 24.8. The molecule has 0 spiro atoms. The summed E-state index contributed by atoms with van der Waals surface area (Å²) >= 11 is 0. The van der Waals surface area contributed by atoms with Crippen LogP contribution in [0.2, 0.25) is 6.82 Å². The lowest BCUT2D eigenvalue weighted by molar-refractivity contribution is -0.155. The fraction of sp³-hybridized carbons (Fsp3) is 0.417. The van der Waals surface area contributed by atoms with Crippen molar-refractivity contribution in [3.63, 3.8) is 0 Å². The van der Waals surface area contributed by atoms with Crippen LogP contribution < -0.4 is 5.23 Å². The van der Waals surface area contributed by atoms with Crippen molar-refractivity contribution in [2.24, 2.45) is 0 Å². The molecule has 2 rings (SSSR count). The number of hydrogen-bond donors (Lipinski definition) is 2. The Labute approximate surface area is 185 Å². The number of ether oxygens (including phenoxy) is 2. The van der Waals surface area contributed by atoms with Crippen molar-refractivity contribution in [3.05, 3.63) is 70.8 Å². The molecule has 31 heavy (non-hydrogen) atoms. The van der Waals surface area contributed by atoms with E-state index in [-0.39, 0.29) is 25.0 Å². The van der Waals surface area contributed by atoms with E-state index in [9.17, 15) is 14.6 Å². The summed E-state index contributed by atoms with van der Waals surface area (Å²) in [5.41, 5.74) is 2.67. The smallest absolute Gasteiger partial charge is 0.373 e. The Bertz CT molecular complexity index is 877. The van der Waals surface area contributed by atoms with Gasteiger partial charge in [-0.1, -0.05) is 36.4 Å². The third-order valence-corrected chi connectivity index (χ3v) is 4.57. The fourth-order valence-corrected chi connectivity index (χ4v) is 3.21. The summed E-state index contributed by atoms with van der Waals surface area (Å²) in [6, 6.07) is 14.5. The lowest BCUT2D eigenvalue weighted by Crippen LogP contribution is -2.43. The molecular formula is C24H32BNO5. The Morgan fingerprint density at radius 2 is 1.81 bits per heavy atom. The van der Waals surface area contributed by atoms with Gasteiger partial charge in [0.05, 0.1) is 12.0 Å². The van der Waals surface area contributed by atoms with Gasteiger partial charge in [0, 0.05) is 6.04 Å². The maximum atomic E-state index is 12.5. The third-order valence-electron chi connectivity index (χ3n) is 4.57. The van der Waals surface area contributed by atoms with Gasteiger partial charge in [0.1, 0.15) is 12.2 Å². The monoisotopic (exact) mass is 425 g/mol. The Balaban J connectivity index is 2.09. The first-order valence-corrected chi connectivity index (χ1v) is 10.5. The van der Waals surface area contributed by atoms with Crippen molar-refractivity contribution < 1.29 is 24.1 Å². The zero-order valence-electron chi connectivity index (χ0n) is 19.0. The molecule has 2 aromatic carbocycles. The number of rotatable bonds is 9. The largest absolute Gasteiger partial charge is 0.460 e. The summed E-state index contributed by atoms with van der Waals surface area (Å²) in [5, 5.41) is 12.8. The minimum atomic E-state index is -0.785. The van der Waals surface area contributed by atoms with E-state index in [1.54, 1.807) is 19.0 Å². The van der Waals surface area contributed by atoms with Crippen LogP contribution in [-0.4, -0.2) is 35.7 Å². The Morgan fingerprint density at radius 3 is 2.42 bits per heavy atom. The molecule has 2 N–H and O–H groups in total. The van der Waals surface area contributed by atoms with Gasteiger partial charge in [-0.2, -0.15) is 0 Å². The molecule has 1 atom stereocenters. The Hall–Kier alpha value is -2.64. The van der Waals surface area contributed by atoms with Crippen molar-refractivity contribution in [2.75, 3.05) is 0 Å². The minimum Gasteiger partial charge on any atom is -0.460 e. The molecule has 0 fully saturated rings. The van der Waals surface area contributed by atoms with E-state index in [0.717, 1.165) is 16.7 Å². The van der Waals surface area contributed by atoms with E-state index < -0.39 is 18.6 Å². The first-order valence-electron chi connectivity index (χ1n) is 10.5. The van der Waals surface area contributed by atoms with Crippen LogP contribution in [0.1, 0.15) is 54.2 Å². The number of carbonyl (C=O) groups is 2. The van der Waals surface area contributed by atoms with Gasteiger partial charge in [0.2, 0.25) is 0 Å². The normalized spacial score (nSPS) is 12.2. The molecule has 0 bridgehead atoms. The summed E-state index contributed by atoms with van der Waals surface area (Å²) in [6.07, 6.45) is 0.556. The second-order valence-corrected chi connectivity index (χ2v) is 8.74. The van der Waals surface area contributed by atoms with E-state index in [2.05, 4.69) is 5.23 Å². The van der Waals surface area contributed by atoms with Gasteiger partial charge in [0.15, 0.2) is 0 Å². The third kappa shape index (κ3) is 8.95. The van der Waals surface area contributed by atoms with Crippen LogP contribution in [0, 0.1) is 6.92 Å². The molecule has 166 valence electrons. The Kier molecular flexibility index (Phi) is 8.83. The van der Waals surface area contributed by atoms with Crippen molar-refractivity contribution >= 4 is 19.0 Å². The van der Waals surface area contributed by atoms with Gasteiger partial charge in [-0.25, -0.2) is 4.79 Å². The Morgan fingerprint density at radius 1 is 1.13 bits per heavy atom. The molecule has 0 unspecified atom stereocenters. The number of aryl methyl sites for hydroxylation is 1. The van der Waals surface area contributed by atoms with Gasteiger partial charge in [-0.3, -0.25) is 4.79 Å². The van der Waals surface area contributed by atoms with Crippen LogP contribution in [0.4, 0.5) is 0 Å². The van der Waals surface area contributed by atoms with E-state index in [4.69, 9.17) is 9.47 Å². The maximum Gasteiger partial charge on any atom is 0.373 e. The van der Waals surface area contributed by atoms with Gasteiger partial charge < -0.3 is 19.7 Å². The number of esters is 2. The predicted molar refractivity (Wildman–Crippen MR) is 122 cm³/mol. The van der Waals surface area contributed by atoms with E-state index in [1.807, 2.05) is 64.1 Å². The lowest BCUT2D eigenvalue weighted by Gasteiger charge is -2.24. The predicted octanol–water partition coefficient (Wildman–Crippen LogP) is 3.69. The topological polar surface area (TPSA) is 84.9 Å². The van der Waals surface area contributed by atoms with Crippen LogP contribution >= 0.6 is 0 Å². The highest BCUT2D eigenvalue weighted by molar-refractivity contribution is 6.45. The van der Waals surface area contributed by atoms with Crippen molar-refractivity contribution in [1.29, 1.82) is 0 Å². The number of carbonyl (C=O) groups excluding carboxylic acids is 2. The molecule has 0 saturated heterocycles. The van der Waals surface area contributed by atoms with Crippen molar-refractivity contribution in [2.45, 2.75) is 65.6 Å². The quantitative estimate of drug-likeness (QED) is 0.471. The molecular weight excluding hydrogens is 393 g/mol. The summed E-state index contributed by atoms with van der Waals surface area (Å²) in [5.74, 6) is -0.751. The molecule has 0 aliphatic heterocycles. The summed E-state index contributed by atoms with van der Waals surface area (Å²) in [7, 11) is -0.785. The molecule has 0 aromatic heterocycles. The van der Waals surface area contributed by atoms with Crippen LogP contribution in [-0.2, 0) is 27.3 Å². The van der Waals surface area contributed by atoms with Crippen molar-refractivity contribution in [3.8, 4) is 0 Å². The van der Waals surface area contributed by atoms with Crippen molar-refractivity contribution in [1.82, 2.24) is 5.23 Å². The lowest BCUT2D eigenvalue weighted by atomic mass is 9.85. The minimum absolute atomic E-state index is 0.101. The molecule has 0 amide bonds. The summed E-state index contributed by atoms with van der Waals surface area (Å²) in [6.45, 7) is 9.20. The zero-order chi connectivity index (χ0) is 23.0. The molecule has 0 heterocycles. The van der Waals surface area contributed by atoms with Gasteiger partial charge in [-0.05, 0) is 69.8 Å². The second-order valence-electron chi connectivity index (χ2n) is 8.74. The maximum absolute atomic E-state index is 12.5. The highest BCUT2D eigenvalue weighted by Gasteiger charge is 2.23. The molecule has 0 saturated carbocycles. The highest BCUT2D eigenvalue weighted by atomic mass is 16.6. The highest BCUT2D eigenvalue weighted by Crippen LogP contribution is 2.18. The van der Waals surface area contributed by atoms with Crippen LogP contribution in [0.5, 0.6) is 0 Å². The molecule has 2 aromatic rings. The average molecular weight is 425 g/mol.